The third-order valence-corrected chi connectivity index (χ3v) is 3.79. The molecule has 0 bridgehead atoms. The summed E-state index contributed by atoms with van der Waals surface area (Å²) in [7, 11) is 0. The summed E-state index contributed by atoms with van der Waals surface area (Å²) in [5, 5.41) is 5.28. The summed E-state index contributed by atoms with van der Waals surface area (Å²) < 4.78 is 0. The summed E-state index contributed by atoms with van der Waals surface area (Å²) in [5.74, 6) is 0. The molecule has 0 aliphatic heterocycles. The molecule has 0 unspecified atom stereocenters. The van der Waals surface area contributed by atoms with E-state index in [0.29, 0.717) is 0 Å². The van der Waals surface area contributed by atoms with Crippen molar-refractivity contribution >= 4 is 22.5 Å². The Bertz CT molecular complexity index is 768. The van der Waals surface area contributed by atoms with Gasteiger partial charge in [-0.1, -0.05) is 42.8 Å². The second kappa shape index (κ2) is 6.25. The Morgan fingerprint density at radius 3 is 2.86 bits per heavy atom. The second-order valence-corrected chi connectivity index (χ2v) is 5.43. The van der Waals surface area contributed by atoms with Gasteiger partial charge in [0.1, 0.15) is 0 Å². The molecule has 0 radical (unpaired) electrons. The molecule has 3 heteroatoms. The normalized spacial score (nSPS) is 11.0. The number of nitrogens with zero attached hydrogens (tertiary/aromatic N) is 1. The van der Waals surface area contributed by atoms with Crippen LogP contribution in [-0.4, -0.2) is 11.5 Å². The van der Waals surface area contributed by atoms with Crippen molar-refractivity contribution in [1.82, 2.24) is 10.3 Å². The minimum Gasteiger partial charge on any atom is -0.313 e. The lowest BCUT2D eigenvalue weighted by Gasteiger charge is -2.11. The molecular weight excluding hydrogens is 280 g/mol. The molecule has 0 aliphatic carbocycles. The van der Waals surface area contributed by atoms with E-state index >= 15 is 0 Å². The van der Waals surface area contributed by atoms with Crippen LogP contribution in [0.2, 0.25) is 5.02 Å². The summed E-state index contributed by atoms with van der Waals surface area (Å²) in [4.78, 5) is 4.43. The van der Waals surface area contributed by atoms with E-state index in [-0.39, 0.29) is 0 Å². The average molecular weight is 297 g/mol. The smallest absolute Gasteiger partial charge is 0.0708 e. The van der Waals surface area contributed by atoms with Crippen LogP contribution in [-0.2, 0) is 6.54 Å². The van der Waals surface area contributed by atoms with Crippen molar-refractivity contribution in [2.45, 2.75) is 13.5 Å². The van der Waals surface area contributed by atoms with Crippen LogP contribution in [0, 0.1) is 0 Å². The van der Waals surface area contributed by atoms with Crippen molar-refractivity contribution in [2.75, 3.05) is 6.54 Å². The van der Waals surface area contributed by atoms with Crippen molar-refractivity contribution in [3.05, 3.63) is 65.3 Å². The number of pyridine rings is 1. The first kappa shape index (κ1) is 14.1. The highest BCUT2D eigenvalue weighted by Crippen LogP contribution is 2.29. The Balaban J connectivity index is 2.09. The van der Waals surface area contributed by atoms with Crippen LogP contribution in [0.15, 0.2) is 54.7 Å². The number of nitrogens with one attached hydrogen (secondary N) is 1. The molecule has 0 fully saturated rings. The van der Waals surface area contributed by atoms with Crippen molar-refractivity contribution in [1.29, 1.82) is 0 Å². The third kappa shape index (κ3) is 3.07. The molecule has 3 aromatic rings. The van der Waals surface area contributed by atoms with Crippen molar-refractivity contribution in [3.8, 4) is 11.1 Å². The first-order chi connectivity index (χ1) is 10.3. The van der Waals surface area contributed by atoms with Crippen molar-refractivity contribution in [3.63, 3.8) is 0 Å². The Kier molecular flexibility index (Phi) is 4.18. The van der Waals surface area contributed by atoms with Crippen molar-refractivity contribution in [2.24, 2.45) is 0 Å². The van der Waals surface area contributed by atoms with E-state index in [4.69, 9.17) is 11.6 Å². The third-order valence-electron chi connectivity index (χ3n) is 3.55. The van der Waals surface area contributed by atoms with Gasteiger partial charge in [0.15, 0.2) is 0 Å². The van der Waals surface area contributed by atoms with E-state index in [1.165, 1.54) is 5.56 Å². The molecule has 0 spiro atoms. The Hall–Kier alpha value is -1.90. The minimum atomic E-state index is 0.756. The first-order valence-corrected chi connectivity index (χ1v) is 7.50. The highest BCUT2D eigenvalue weighted by Gasteiger charge is 2.07. The van der Waals surface area contributed by atoms with Gasteiger partial charge < -0.3 is 5.32 Å². The first-order valence-electron chi connectivity index (χ1n) is 7.12. The molecule has 1 heterocycles. The highest BCUT2D eigenvalue weighted by molar-refractivity contribution is 6.30. The molecule has 0 aliphatic rings. The summed E-state index contributed by atoms with van der Waals surface area (Å²) in [5.41, 5.74) is 4.56. The predicted octanol–water partition coefficient (Wildman–Crippen LogP) is 4.66. The largest absolute Gasteiger partial charge is 0.313 e. The lowest BCUT2D eigenvalue weighted by Crippen LogP contribution is -2.12. The molecule has 1 N–H and O–H groups in total. The molecule has 1 aromatic heterocycles. The van der Waals surface area contributed by atoms with E-state index in [9.17, 15) is 0 Å². The lowest BCUT2D eigenvalue weighted by atomic mass is 9.98. The van der Waals surface area contributed by atoms with Gasteiger partial charge in [0.2, 0.25) is 0 Å². The van der Waals surface area contributed by atoms with Gasteiger partial charge in [-0.15, -0.1) is 0 Å². The standard InChI is InChI=1S/C18H17ClN2/c1-2-20-12-15-7-8-16(19)11-17(15)14-6-5-13-4-3-9-21-18(13)10-14/h3-11,20H,2,12H2,1H3. The maximum Gasteiger partial charge on any atom is 0.0708 e. The molecule has 0 saturated carbocycles. The molecule has 0 saturated heterocycles. The fourth-order valence-electron chi connectivity index (χ4n) is 2.47. The highest BCUT2D eigenvalue weighted by atomic mass is 35.5. The van der Waals surface area contributed by atoms with E-state index in [1.54, 1.807) is 0 Å². The lowest BCUT2D eigenvalue weighted by molar-refractivity contribution is 0.728. The van der Waals surface area contributed by atoms with Gasteiger partial charge in [0, 0.05) is 23.2 Å². The number of fused-ring (bicyclic) bond motifs is 1. The summed E-state index contributed by atoms with van der Waals surface area (Å²) >= 11 is 6.18. The summed E-state index contributed by atoms with van der Waals surface area (Å²) in [6.07, 6.45) is 1.82. The minimum absolute atomic E-state index is 0.756. The van der Waals surface area contributed by atoms with E-state index in [2.05, 4.69) is 47.6 Å². The van der Waals surface area contributed by atoms with E-state index in [1.807, 2.05) is 24.4 Å². The average Bonchev–Trinajstić information content (AvgIpc) is 2.53. The fourth-order valence-corrected chi connectivity index (χ4v) is 2.64. The van der Waals surface area contributed by atoms with Crippen LogP contribution in [0.3, 0.4) is 0 Å². The van der Waals surface area contributed by atoms with Gasteiger partial charge in [0.05, 0.1) is 5.52 Å². The molecule has 106 valence electrons. The zero-order chi connectivity index (χ0) is 14.7. The van der Waals surface area contributed by atoms with Crippen LogP contribution in [0.1, 0.15) is 12.5 Å². The Labute approximate surface area is 129 Å². The number of benzene rings is 2. The van der Waals surface area contributed by atoms with Gasteiger partial charge in [-0.3, -0.25) is 4.98 Å². The Morgan fingerprint density at radius 2 is 2.00 bits per heavy atom. The number of rotatable bonds is 4. The number of hydrogen-bond acceptors (Lipinski definition) is 2. The molecule has 21 heavy (non-hydrogen) atoms. The van der Waals surface area contributed by atoms with Gasteiger partial charge in [-0.05, 0) is 47.5 Å². The van der Waals surface area contributed by atoms with Gasteiger partial charge in [0.25, 0.3) is 0 Å². The topological polar surface area (TPSA) is 24.9 Å². The van der Waals surface area contributed by atoms with Crippen LogP contribution < -0.4 is 5.32 Å². The van der Waals surface area contributed by atoms with Gasteiger partial charge in [-0.2, -0.15) is 0 Å². The SMILES string of the molecule is CCNCc1ccc(Cl)cc1-c1ccc2cccnc2c1. The van der Waals surface area contributed by atoms with Crippen LogP contribution >= 0.6 is 11.6 Å². The zero-order valence-electron chi connectivity index (χ0n) is 11.9. The second-order valence-electron chi connectivity index (χ2n) is 4.99. The molecule has 2 nitrogen and oxygen atoms in total. The van der Waals surface area contributed by atoms with Crippen molar-refractivity contribution < 1.29 is 0 Å². The summed E-state index contributed by atoms with van der Waals surface area (Å²) in [6.45, 7) is 3.89. The van der Waals surface area contributed by atoms with Crippen LogP contribution in [0.25, 0.3) is 22.0 Å². The number of halogens is 1. The van der Waals surface area contributed by atoms with Crippen LogP contribution in [0.5, 0.6) is 0 Å². The maximum absolute atomic E-state index is 6.18. The maximum atomic E-state index is 6.18. The molecular formula is C18H17ClN2. The van der Waals surface area contributed by atoms with Crippen LogP contribution in [0.4, 0.5) is 0 Å². The molecule has 2 aromatic carbocycles. The number of hydrogen-bond donors (Lipinski definition) is 1. The van der Waals surface area contributed by atoms with Gasteiger partial charge in [-0.25, -0.2) is 0 Å². The van der Waals surface area contributed by atoms with E-state index < -0.39 is 0 Å². The van der Waals surface area contributed by atoms with E-state index in [0.717, 1.165) is 40.1 Å². The summed E-state index contributed by atoms with van der Waals surface area (Å²) in [6, 6.07) is 16.4. The monoisotopic (exact) mass is 296 g/mol. The van der Waals surface area contributed by atoms with Gasteiger partial charge >= 0.3 is 0 Å². The molecule has 0 atom stereocenters. The Morgan fingerprint density at radius 1 is 1.10 bits per heavy atom. The zero-order valence-corrected chi connectivity index (χ0v) is 12.7. The predicted molar refractivity (Wildman–Crippen MR) is 89.6 cm³/mol. The quantitative estimate of drug-likeness (QED) is 0.757. The molecule has 0 amide bonds. The molecule has 3 rings (SSSR count). The number of aromatic nitrogens is 1. The fraction of sp³-hybridized carbons (Fsp3) is 0.167.